The van der Waals surface area contributed by atoms with Gasteiger partial charge < -0.3 is 5.73 Å². The van der Waals surface area contributed by atoms with Crippen molar-refractivity contribution in [1.29, 1.82) is 5.41 Å². The van der Waals surface area contributed by atoms with Crippen LogP contribution in [0.1, 0.15) is 12.8 Å². The molecule has 0 amide bonds. The molecule has 3 N–H and O–H groups in total. The van der Waals surface area contributed by atoms with Crippen LogP contribution in [0.3, 0.4) is 0 Å². The van der Waals surface area contributed by atoms with Crippen molar-refractivity contribution in [2.45, 2.75) is 12.8 Å². The number of hydrogen-bond acceptors (Lipinski definition) is 2. The lowest BCUT2D eigenvalue weighted by atomic mass is 10.1. The summed E-state index contributed by atoms with van der Waals surface area (Å²) in [6.45, 7) is 0. The van der Waals surface area contributed by atoms with Crippen LogP contribution in [0.25, 0.3) is 0 Å². The largest absolute Gasteiger partial charge is 0.388 e. The molecule has 1 aliphatic heterocycles. The zero-order chi connectivity index (χ0) is 6.69. The van der Waals surface area contributed by atoms with E-state index in [1.165, 1.54) is 17.9 Å². The fourth-order valence-corrected chi connectivity index (χ4v) is 2.34. The van der Waals surface area contributed by atoms with Crippen molar-refractivity contribution in [3.8, 4) is 0 Å². The molecule has 1 fully saturated rings. The van der Waals surface area contributed by atoms with E-state index in [0.29, 0.717) is 11.8 Å². The van der Waals surface area contributed by atoms with Gasteiger partial charge in [-0.2, -0.15) is 11.8 Å². The Kier molecular flexibility index (Phi) is 2.39. The van der Waals surface area contributed by atoms with Gasteiger partial charge in [-0.25, -0.2) is 0 Å². The molecule has 0 aliphatic carbocycles. The molecule has 9 heavy (non-hydrogen) atoms. The zero-order valence-electron chi connectivity index (χ0n) is 5.39. The van der Waals surface area contributed by atoms with E-state index in [1.807, 2.05) is 11.8 Å². The molecule has 1 atom stereocenters. The molecule has 1 heterocycles. The van der Waals surface area contributed by atoms with E-state index in [4.69, 9.17) is 11.1 Å². The van der Waals surface area contributed by atoms with Crippen LogP contribution in [-0.2, 0) is 0 Å². The standard InChI is InChI=1S/C6H12N2S/c7-6(8)3-5-1-2-9-4-5/h5H,1-4H2,(H3,7,8). The van der Waals surface area contributed by atoms with Crippen molar-refractivity contribution >= 4 is 17.6 Å². The van der Waals surface area contributed by atoms with Crippen LogP contribution >= 0.6 is 11.8 Å². The van der Waals surface area contributed by atoms with E-state index in [9.17, 15) is 0 Å². The topological polar surface area (TPSA) is 49.9 Å². The lowest BCUT2D eigenvalue weighted by Gasteiger charge is -2.03. The van der Waals surface area contributed by atoms with Crippen LogP contribution < -0.4 is 5.73 Å². The highest BCUT2D eigenvalue weighted by atomic mass is 32.2. The Bertz CT molecular complexity index is 108. The Hall–Kier alpha value is -0.180. The quantitative estimate of drug-likeness (QED) is 0.450. The summed E-state index contributed by atoms with van der Waals surface area (Å²) in [5.41, 5.74) is 5.25. The summed E-state index contributed by atoms with van der Waals surface area (Å²) in [4.78, 5) is 0. The number of rotatable bonds is 2. The monoisotopic (exact) mass is 144 g/mol. The number of nitrogens with one attached hydrogen (secondary N) is 1. The highest BCUT2D eigenvalue weighted by Gasteiger charge is 2.15. The van der Waals surface area contributed by atoms with Crippen molar-refractivity contribution < 1.29 is 0 Å². The van der Waals surface area contributed by atoms with Crippen molar-refractivity contribution in [1.82, 2.24) is 0 Å². The van der Waals surface area contributed by atoms with E-state index >= 15 is 0 Å². The number of hydrogen-bond donors (Lipinski definition) is 2. The summed E-state index contributed by atoms with van der Waals surface area (Å²) in [5.74, 6) is 3.52. The Morgan fingerprint density at radius 3 is 3.00 bits per heavy atom. The van der Waals surface area contributed by atoms with E-state index in [0.717, 1.165) is 6.42 Å². The lowest BCUT2D eigenvalue weighted by Crippen LogP contribution is -2.14. The second-order valence-corrected chi connectivity index (χ2v) is 3.61. The minimum Gasteiger partial charge on any atom is -0.388 e. The minimum atomic E-state index is 0.350. The smallest absolute Gasteiger partial charge is 0.0908 e. The van der Waals surface area contributed by atoms with Gasteiger partial charge in [0.05, 0.1) is 5.84 Å². The molecule has 1 unspecified atom stereocenters. The van der Waals surface area contributed by atoms with Gasteiger partial charge >= 0.3 is 0 Å². The third-order valence-corrected chi connectivity index (χ3v) is 2.76. The molecule has 0 aromatic rings. The highest BCUT2D eigenvalue weighted by Crippen LogP contribution is 2.25. The molecule has 0 radical (unpaired) electrons. The molecule has 3 heteroatoms. The molecule has 0 aromatic carbocycles. The van der Waals surface area contributed by atoms with Crippen molar-refractivity contribution in [2.24, 2.45) is 11.7 Å². The summed E-state index contributed by atoms with van der Waals surface area (Å²) in [6, 6.07) is 0. The molecule has 1 rings (SSSR count). The van der Waals surface area contributed by atoms with Gasteiger partial charge in [-0.3, -0.25) is 5.41 Å². The first kappa shape index (κ1) is 6.93. The van der Waals surface area contributed by atoms with Gasteiger partial charge in [-0.15, -0.1) is 0 Å². The fourth-order valence-electron chi connectivity index (χ4n) is 1.06. The first-order valence-electron chi connectivity index (χ1n) is 3.19. The van der Waals surface area contributed by atoms with Gasteiger partial charge in [0.15, 0.2) is 0 Å². The first-order valence-corrected chi connectivity index (χ1v) is 4.35. The second-order valence-electron chi connectivity index (χ2n) is 2.46. The van der Waals surface area contributed by atoms with Gasteiger partial charge in [0, 0.05) is 6.42 Å². The molecule has 2 nitrogen and oxygen atoms in total. The Labute approximate surface area is 59.7 Å². The van der Waals surface area contributed by atoms with Gasteiger partial charge in [-0.05, 0) is 23.8 Å². The maximum atomic E-state index is 7.03. The lowest BCUT2D eigenvalue weighted by molar-refractivity contribution is 0.622. The zero-order valence-corrected chi connectivity index (χ0v) is 6.21. The maximum absolute atomic E-state index is 7.03. The van der Waals surface area contributed by atoms with Crippen LogP contribution in [0.2, 0.25) is 0 Å². The number of thioether (sulfide) groups is 1. The van der Waals surface area contributed by atoms with Crippen molar-refractivity contribution in [3.63, 3.8) is 0 Å². The second kappa shape index (κ2) is 3.11. The molecule has 1 aliphatic rings. The summed E-state index contributed by atoms with van der Waals surface area (Å²) in [6.07, 6.45) is 2.07. The predicted molar refractivity (Wildman–Crippen MR) is 42.0 cm³/mol. The Morgan fingerprint density at radius 1 is 1.78 bits per heavy atom. The van der Waals surface area contributed by atoms with Crippen LogP contribution in [0, 0.1) is 11.3 Å². The van der Waals surface area contributed by atoms with Gasteiger partial charge in [-0.1, -0.05) is 0 Å². The molecular weight excluding hydrogens is 132 g/mol. The first-order chi connectivity index (χ1) is 4.29. The van der Waals surface area contributed by atoms with Crippen LogP contribution in [0.4, 0.5) is 0 Å². The average Bonchev–Trinajstić information content (AvgIpc) is 2.15. The van der Waals surface area contributed by atoms with Crippen molar-refractivity contribution in [2.75, 3.05) is 11.5 Å². The summed E-state index contributed by atoms with van der Waals surface area (Å²) < 4.78 is 0. The van der Waals surface area contributed by atoms with Gasteiger partial charge in [0.25, 0.3) is 0 Å². The predicted octanol–water partition coefficient (Wildman–Crippen LogP) is 1.07. The number of nitrogens with two attached hydrogens (primary N) is 1. The molecular formula is C6H12N2S. The SMILES string of the molecule is N=C(N)CC1CCSC1. The van der Waals surface area contributed by atoms with E-state index < -0.39 is 0 Å². The third kappa shape index (κ3) is 2.26. The molecule has 0 spiro atoms. The summed E-state index contributed by atoms with van der Waals surface area (Å²) >= 11 is 1.97. The van der Waals surface area contributed by atoms with Crippen LogP contribution in [0.5, 0.6) is 0 Å². The average molecular weight is 144 g/mol. The molecule has 0 bridgehead atoms. The fraction of sp³-hybridized carbons (Fsp3) is 0.833. The van der Waals surface area contributed by atoms with Crippen LogP contribution in [-0.4, -0.2) is 17.3 Å². The molecule has 0 saturated carbocycles. The summed E-state index contributed by atoms with van der Waals surface area (Å²) in [5, 5.41) is 7.03. The molecule has 1 saturated heterocycles. The summed E-state index contributed by atoms with van der Waals surface area (Å²) in [7, 11) is 0. The third-order valence-electron chi connectivity index (χ3n) is 1.53. The van der Waals surface area contributed by atoms with Crippen LogP contribution in [0.15, 0.2) is 0 Å². The van der Waals surface area contributed by atoms with E-state index in [2.05, 4.69) is 0 Å². The van der Waals surface area contributed by atoms with Crippen molar-refractivity contribution in [3.05, 3.63) is 0 Å². The molecule has 0 aromatic heterocycles. The normalized spacial score (nSPS) is 26.4. The van der Waals surface area contributed by atoms with E-state index in [-0.39, 0.29) is 0 Å². The van der Waals surface area contributed by atoms with Gasteiger partial charge in [0.2, 0.25) is 0 Å². The van der Waals surface area contributed by atoms with E-state index in [1.54, 1.807) is 0 Å². The number of amidine groups is 1. The molecule has 52 valence electrons. The Morgan fingerprint density at radius 2 is 2.56 bits per heavy atom. The van der Waals surface area contributed by atoms with Gasteiger partial charge in [0.1, 0.15) is 0 Å². The highest BCUT2D eigenvalue weighted by molar-refractivity contribution is 7.99. The Balaban J connectivity index is 2.19. The minimum absolute atomic E-state index is 0.350. The maximum Gasteiger partial charge on any atom is 0.0908 e.